The molecule has 0 aliphatic heterocycles. The number of nitrogens with one attached hydrogen (secondary N) is 1. The van der Waals surface area contributed by atoms with Crippen LogP contribution in [0.1, 0.15) is 31.4 Å². The largest absolute Gasteiger partial charge is 0.392 e. The van der Waals surface area contributed by atoms with Crippen molar-refractivity contribution in [3.8, 4) is 0 Å². The first-order valence-corrected chi connectivity index (χ1v) is 5.95. The van der Waals surface area contributed by atoms with Gasteiger partial charge in [-0.15, -0.1) is 0 Å². The van der Waals surface area contributed by atoms with Crippen molar-refractivity contribution in [1.82, 2.24) is 0 Å². The number of amides is 1. The third kappa shape index (κ3) is 4.19. The first-order chi connectivity index (χ1) is 7.90. The quantitative estimate of drug-likeness (QED) is 0.843. The van der Waals surface area contributed by atoms with E-state index in [0.717, 1.165) is 11.3 Å². The van der Waals surface area contributed by atoms with E-state index in [1.165, 1.54) is 5.56 Å². The maximum atomic E-state index is 11.7. The van der Waals surface area contributed by atoms with Crippen LogP contribution in [0.3, 0.4) is 0 Å². The van der Waals surface area contributed by atoms with Gasteiger partial charge in [0.15, 0.2) is 0 Å². The Balaban J connectivity index is 2.62. The van der Waals surface area contributed by atoms with Gasteiger partial charge in [0.1, 0.15) is 0 Å². The van der Waals surface area contributed by atoms with Gasteiger partial charge in [-0.2, -0.15) is 0 Å². The number of aliphatic hydroxyl groups is 1. The smallest absolute Gasteiger partial charge is 0.226 e. The van der Waals surface area contributed by atoms with Crippen LogP contribution in [-0.4, -0.2) is 17.1 Å². The second-order valence-electron chi connectivity index (χ2n) is 4.88. The minimum Gasteiger partial charge on any atom is -0.392 e. The Morgan fingerprint density at radius 1 is 1.35 bits per heavy atom. The number of carbonyl (C=O) groups is 1. The molecule has 1 aromatic rings. The molecule has 1 amide bonds. The molecule has 94 valence electrons. The molecule has 0 aliphatic rings. The molecule has 17 heavy (non-hydrogen) atoms. The molecule has 0 spiro atoms. The molecule has 1 rings (SSSR count). The van der Waals surface area contributed by atoms with Crippen LogP contribution >= 0.6 is 0 Å². The van der Waals surface area contributed by atoms with Gasteiger partial charge in [-0.1, -0.05) is 31.5 Å². The summed E-state index contributed by atoms with van der Waals surface area (Å²) in [5.41, 5.74) is 3.02. The van der Waals surface area contributed by atoms with Gasteiger partial charge in [0.25, 0.3) is 0 Å². The summed E-state index contributed by atoms with van der Waals surface area (Å²) in [5, 5.41) is 12.5. The van der Waals surface area contributed by atoms with Gasteiger partial charge in [0.05, 0.1) is 12.5 Å². The molecule has 0 bridgehead atoms. The first-order valence-electron chi connectivity index (χ1n) is 5.95. The molecule has 0 radical (unpaired) electrons. The van der Waals surface area contributed by atoms with Crippen molar-refractivity contribution in [2.45, 2.75) is 40.2 Å². The van der Waals surface area contributed by atoms with E-state index in [4.69, 9.17) is 0 Å². The van der Waals surface area contributed by atoms with E-state index in [2.05, 4.69) is 5.32 Å². The first kappa shape index (κ1) is 13.7. The molecule has 0 saturated carbocycles. The second-order valence-corrected chi connectivity index (χ2v) is 4.88. The lowest BCUT2D eigenvalue weighted by Gasteiger charge is -2.15. The third-order valence-electron chi connectivity index (χ3n) is 2.82. The number of benzene rings is 1. The van der Waals surface area contributed by atoms with Gasteiger partial charge >= 0.3 is 0 Å². The zero-order valence-corrected chi connectivity index (χ0v) is 10.9. The molecule has 0 fully saturated rings. The highest BCUT2D eigenvalue weighted by Gasteiger charge is 2.14. The van der Waals surface area contributed by atoms with Crippen LogP contribution in [0.4, 0.5) is 5.69 Å². The average Bonchev–Trinajstić information content (AvgIpc) is 2.22. The summed E-state index contributed by atoms with van der Waals surface area (Å²) in [6.07, 6.45) is -0.439. The molecule has 1 aromatic carbocycles. The molecule has 0 saturated heterocycles. The highest BCUT2D eigenvalue weighted by atomic mass is 16.3. The SMILES string of the molecule is Cc1ccc(NC(=O)CC(O)C(C)C)c(C)c1. The summed E-state index contributed by atoms with van der Waals surface area (Å²) >= 11 is 0. The van der Waals surface area contributed by atoms with Crippen molar-refractivity contribution in [3.63, 3.8) is 0 Å². The number of carbonyl (C=O) groups excluding carboxylic acids is 1. The van der Waals surface area contributed by atoms with Gasteiger partial charge in [0.2, 0.25) is 5.91 Å². The maximum absolute atomic E-state index is 11.7. The Hall–Kier alpha value is -1.35. The summed E-state index contributed by atoms with van der Waals surface area (Å²) in [5.74, 6) is -0.0435. The Labute approximate surface area is 103 Å². The van der Waals surface area contributed by atoms with Crippen molar-refractivity contribution in [2.75, 3.05) is 5.32 Å². The molecular weight excluding hydrogens is 214 g/mol. The van der Waals surface area contributed by atoms with Gasteiger partial charge in [0, 0.05) is 5.69 Å². The van der Waals surface area contributed by atoms with Gasteiger partial charge in [-0.3, -0.25) is 4.79 Å². The number of hydrogen-bond donors (Lipinski definition) is 2. The predicted octanol–water partition coefficient (Wildman–Crippen LogP) is 2.65. The van der Waals surface area contributed by atoms with Crippen LogP contribution in [0.2, 0.25) is 0 Å². The Bertz CT molecular complexity index is 399. The van der Waals surface area contributed by atoms with Gasteiger partial charge in [-0.05, 0) is 31.4 Å². The zero-order chi connectivity index (χ0) is 13.0. The molecule has 2 N–H and O–H groups in total. The van der Waals surface area contributed by atoms with Crippen LogP contribution in [-0.2, 0) is 4.79 Å². The van der Waals surface area contributed by atoms with E-state index in [1.54, 1.807) is 0 Å². The fraction of sp³-hybridized carbons (Fsp3) is 0.500. The lowest BCUT2D eigenvalue weighted by Crippen LogP contribution is -2.23. The van der Waals surface area contributed by atoms with Crippen LogP contribution in [0.25, 0.3) is 0 Å². The number of anilines is 1. The number of rotatable bonds is 4. The van der Waals surface area contributed by atoms with Crippen LogP contribution < -0.4 is 5.32 Å². The molecular formula is C14H21NO2. The van der Waals surface area contributed by atoms with Crippen LogP contribution in [0.5, 0.6) is 0 Å². The van der Waals surface area contributed by atoms with Gasteiger partial charge in [-0.25, -0.2) is 0 Å². The maximum Gasteiger partial charge on any atom is 0.226 e. The molecule has 0 aliphatic carbocycles. The number of aryl methyl sites for hydroxylation is 2. The molecule has 0 heterocycles. The lowest BCUT2D eigenvalue weighted by atomic mass is 10.0. The van der Waals surface area contributed by atoms with E-state index in [1.807, 2.05) is 45.9 Å². The summed E-state index contributed by atoms with van der Waals surface area (Å²) in [6, 6.07) is 5.88. The van der Waals surface area contributed by atoms with E-state index in [9.17, 15) is 9.90 Å². The van der Waals surface area contributed by atoms with E-state index >= 15 is 0 Å². The predicted molar refractivity (Wildman–Crippen MR) is 70.0 cm³/mol. The third-order valence-corrected chi connectivity index (χ3v) is 2.82. The van der Waals surface area contributed by atoms with Crippen molar-refractivity contribution in [3.05, 3.63) is 29.3 Å². The highest BCUT2D eigenvalue weighted by molar-refractivity contribution is 5.91. The summed E-state index contributed by atoms with van der Waals surface area (Å²) < 4.78 is 0. The highest BCUT2D eigenvalue weighted by Crippen LogP contribution is 2.17. The Morgan fingerprint density at radius 2 is 2.00 bits per heavy atom. The van der Waals surface area contributed by atoms with Crippen LogP contribution in [0.15, 0.2) is 18.2 Å². The molecule has 3 nitrogen and oxygen atoms in total. The number of aliphatic hydroxyl groups excluding tert-OH is 1. The zero-order valence-electron chi connectivity index (χ0n) is 10.9. The van der Waals surface area contributed by atoms with E-state index < -0.39 is 6.10 Å². The summed E-state index contributed by atoms with van der Waals surface area (Å²) in [4.78, 5) is 11.7. The summed E-state index contributed by atoms with van der Waals surface area (Å²) in [7, 11) is 0. The Kier molecular flexibility index (Phi) is 4.70. The van der Waals surface area contributed by atoms with Crippen molar-refractivity contribution in [2.24, 2.45) is 5.92 Å². The normalized spacial score (nSPS) is 12.6. The van der Waals surface area contributed by atoms with E-state index in [-0.39, 0.29) is 18.2 Å². The topological polar surface area (TPSA) is 49.3 Å². The summed E-state index contributed by atoms with van der Waals surface area (Å²) in [6.45, 7) is 7.77. The second kappa shape index (κ2) is 5.82. The number of hydrogen-bond acceptors (Lipinski definition) is 2. The minimum absolute atomic E-state index is 0.0971. The fourth-order valence-electron chi connectivity index (χ4n) is 1.58. The van der Waals surface area contributed by atoms with Crippen molar-refractivity contribution >= 4 is 11.6 Å². The molecule has 1 unspecified atom stereocenters. The molecule has 1 atom stereocenters. The molecule has 3 heteroatoms. The van der Waals surface area contributed by atoms with Crippen molar-refractivity contribution < 1.29 is 9.90 Å². The van der Waals surface area contributed by atoms with Crippen molar-refractivity contribution in [1.29, 1.82) is 0 Å². The average molecular weight is 235 g/mol. The Morgan fingerprint density at radius 3 is 2.53 bits per heavy atom. The van der Waals surface area contributed by atoms with Crippen LogP contribution in [0, 0.1) is 19.8 Å². The fourth-order valence-corrected chi connectivity index (χ4v) is 1.58. The van der Waals surface area contributed by atoms with E-state index in [0.29, 0.717) is 0 Å². The standard InChI is InChI=1S/C14H21NO2/c1-9(2)13(16)8-14(17)15-12-6-5-10(3)7-11(12)4/h5-7,9,13,16H,8H2,1-4H3,(H,15,17). The molecule has 0 aromatic heterocycles. The van der Waals surface area contributed by atoms with Gasteiger partial charge < -0.3 is 10.4 Å². The minimum atomic E-state index is -0.583. The monoisotopic (exact) mass is 235 g/mol. The lowest BCUT2D eigenvalue weighted by molar-refractivity contribution is -0.118.